The van der Waals surface area contributed by atoms with E-state index >= 15 is 0 Å². The van der Waals surface area contributed by atoms with Crippen LogP contribution in [0, 0.1) is 10.1 Å². The number of hydrogen-bond donors (Lipinski definition) is 2. The largest absolute Gasteiger partial charge is 0.391 e. The fourth-order valence-electron chi connectivity index (χ4n) is 1.56. The molecule has 0 saturated heterocycles. The Balaban J connectivity index is 2.64. The van der Waals surface area contributed by atoms with Gasteiger partial charge in [0.25, 0.3) is 5.69 Å². The molecule has 0 aliphatic carbocycles. The summed E-state index contributed by atoms with van der Waals surface area (Å²) in [6.45, 7) is 4.40. The Bertz CT molecular complexity index is 380. The summed E-state index contributed by atoms with van der Waals surface area (Å²) < 4.78 is 0. The average Bonchev–Trinajstić information content (AvgIpc) is 2.27. The topological polar surface area (TPSA) is 75.4 Å². The van der Waals surface area contributed by atoms with Gasteiger partial charge in [-0.2, -0.15) is 0 Å². The summed E-state index contributed by atoms with van der Waals surface area (Å²) in [6.07, 6.45) is -0.324. The highest BCUT2D eigenvalue weighted by molar-refractivity contribution is 5.40. The lowest BCUT2D eigenvalue weighted by Crippen LogP contribution is -2.33. The van der Waals surface area contributed by atoms with Crippen LogP contribution in [0.5, 0.6) is 0 Å². The molecule has 1 aromatic carbocycles. The molecular formula is C12H18N2O3. The Morgan fingerprint density at radius 2 is 2.06 bits per heavy atom. The third-order valence-corrected chi connectivity index (χ3v) is 2.41. The van der Waals surface area contributed by atoms with E-state index in [0.29, 0.717) is 12.1 Å². The molecule has 1 rings (SSSR count). The zero-order chi connectivity index (χ0) is 12.8. The van der Waals surface area contributed by atoms with Crippen LogP contribution in [0.1, 0.15) is 19.4 Å². The van der Waals surface area contributed by atoms with E-state index in [2.05, 4.69) is 5.32 Å². The van der Waals surface area contributed by atoms with Gasteiger partial charge in [-0.15, -0.1) is 0 Å². The molecule has 94 valence electrons. The number of nitro benzene ring substituents is 1. The van der Waals surface area contributed by atoms with Crippen LogP contribution in [0.2, 0.25) is 0 Å². The van der Waals surface area contributed by atoms with Crippen LogP contribution < -0.4 is 5.32 Å². The first kappa shape index (κ1) is 13.6. The third-order valence-electron chi connectivity index (χ3n) is 2.41. The molecule has 2 N–H and O–H groups in total. The molecule has 0 radical (unpaired) electrons. The second kappa shape index (κ2) is 6.32. The van der Waals surface area contributed by atoms with Crippen molar-refractivity contribution in [3.8, 4) is 0 Å². The van der Waals surface area contributed by atoms with Crippen LogP contribution in [0.4, 0.5) is 5.69 Å². The Morgan fingerprint density at radius 3 is 2.65 bits per heavy atom. The van der Waals surface area contributed by atoms with Gasteiger partial charge in [0.15, 0.2) is 0 Å². The van der Waals surface area contributed by atoms with E-state index in [1.54, 1.807) is 18.2 Å². The summed E-state index contributed by atoms with van der Waals surface area (Å²) in [5.41, 5.74) is 0.631. The average molecular weight is 238 g/mol. The molecule has 1 aromatic rings. The maximum Gasteiger partial charge on any atom is 0.272 e. The van der Waals surface area contributed by atoms with Gasteiger partial charge in [-0.3, -0.25) is 10.1 Å². The van der Waals surface area contributed by atoms with Gasteiger partial charge in [0, 0.05) is 30.6 Å². The lowest BCUT2D eigenvalue weighted by atomic mass is 10.1. The monoisotopic (exact) mass is 238 g/mol. The Kier molecular flexibility index (Phi) is 5.06. The number of aliphatic hydroxyl groups excluding tert-OH is 1. The molecule has 1 unspecified atom stereocenters. The number of rotatable bonds is 6. The second-order valence-electron chi connectivity index (χ2n) is 4.31. The van der Waals surface area contributed by atoms with Gasteiger partial charge in [0.2, 0.25) is 0 Å². The van der Waals surface area contributed by atoms with E-state index in [1.807, 2.05) is 13.8 Å². The van der Waals surface area contributed by atoms with Gasteiger partial charge < -0.3 is 10.4 Å². The molecule has 0 bridgehead atoms. The van der Waals surface area contributed by atoms with Gasteiger partial charge in [-0.1, -0.05) is 32.0 Å². The summed E-state index contributed by atoms with van der Waals surface area (Å²) in [4.78, 5) is 10.4. The third kappa shape index (κ3) is 4.50. The van der Waals surface area contributed by atoms with Crippen molar-refractivity contribution in [3.05, 3.63) is 39.9 Å². The Hall–Kier alpha value is -1.46. The predicted molar refractivity (Wildman–Crippen MR) is 65.9 cm³/mol. The van der Waals surface area contributed by atoms with E-state index in [0.717, 1.165) is 0 Å². The minimum Gasteiger partial charge on any atom is -0.391 e. The van der Waals surface area contributed by atoms with Crippen molar-refractivity contribution >= 4 is 5.69 Å². The first-order chi connectivity index (χ1) is 8.00. The van der Waals surface area contributed by atoms with Crippen LogP contribution in [0.15, 0.2) is 24.3 Å². The molecule has 0 aliphatic rings. The Labute approximate surface area is 101 Å². The minimum atomic E-state index is -0.613. The lowest BCUT2D eigenvalue weighted by molar-refractivity contribution is -0.385. The van der Waals surface area contributed by atoms with Crippen LogP contribution in [0.25, 0.3) is 0 Å². The molecule has 0 aliphatic heterocycles. The van der Waals surface area contributed by atoms with Crippen LogP contribution in [-0.2, 0) is 6.42 Å². The summed E-state index contributed by atoms with van der Waals surface area (Å²) >= 11 is 0. The molecule has 0 amide bonds. The number of aliphatic hydroxyl groups is 1. The highest BCUT2D eigenvalue weighted by Gasteiger charge is 2.15. The van der Waals surface area contributed by atoms with Crippen molar-refractivity contribution in [1.29, 1.82) is 0 Å². The van der Waals surface area contributed by atoms with E-state index in [4.69, 9.17) is 0 Å². The van der Waals surface area contributed by atoms with Crippen molar-refractivity contribution in [2.24, 2.45) is 0 Å². The number of nitrogens with one attached hydrogen (secondary N) is 1. The summed E-state index contributed by atoms with van der Waals surface area (Å²) in [5, 5.41) is 23.6. The first-order valence-electron chi connectivity index (χ1n) is 5.64. The maximum absolute atomic E-state index is 10.8. The summed E-state index contributed by atoms with van der Waals surface area (Å²) in [6, 6.07) is 6.79. The van der Waals surface area contributed by atoms with Crippen LogP contribution >= 0.6 is 0 Å². The van der Waals surface area contributed by atoms with E-state index < -0.39 is 11.0 Å². The van der Waals surface area contributed by atoms with Crippen molar-refractivity contribution in [2.45, 2.75) is 32.4 Å². The molecule has 17 heavy (non-hydrogen) atoms. The van der Waals surface area contributed by atoms with E-state index in [9.17, 15) is 15.2 Å². The summed E-state index contributed by atoms with van der Waals surface area (Å²) in [7, 11) is 0. The molecule has 5 nitrogen and oxygen atoms in total. The molecule has 0 heterocycles. The zero-order valence-electron chi connectivity index (χ0n) is 10.1. The molecule has 0 fully saturated rings. The quantitative estimate of drug-likeness (QED) is 0.581. The smallest absolute Gasteiger partial charge is 0.272 e. The number of hydrogen-bond acceptors (Lipinski definition) is 4. The molecule has 1 atom stereocenters. The first-order valence-corrected chi connectivity index (χ1v) is 5.64. The number of para-hydroxylation sites is 1. The molecule has 5 heteroatoms. The highest BCUT2D eigenvalue weighted by atomic mass is 16.6. The standard InChI is InChI=1S/C12H18N2O3/c1-9(2)13-8-11(15)7-10-5-3-4-6-12(10)14(16)17/h3-6,9,11,13,15H,7-8H2,1-2H3. The van der Waals surface area contributed by atoms with Gasteiger partial charge in [0.1, 0.15) is 0 Å². The van der Waals surface area contributed by atoms with Gasteiger partial charge in [-0.25, -0.2) is 0 Å². The van der Waals surface area contributed by atoms with Crippen molar-refractivity contribution in [3.63, 3.8) is 0 Å². The second-order valence-corrected chi connectivity index (χ2v) is 4.31. The van der Waals surface area contributed by atoms with Crippen LogP contribution in [-0.4, -0.2) is 28.7 Å². The van der Waals surface area contributed by atoms with Crippen molar-refractivity contribution in [2.75, 3.05) is 6.54 Å². The number of benzene rings is 1. The lowest BCUT2D eigenvalue weighted by Gasteiger charge is -2.14. The van der Waals surface area contributed by atoms with Gasteiger partial charge in [-0.05, 0) is 0 Å². The predicted octanol–water partition coefficient (Wildman–Crippen LogP) is 1.50. The van der Waals surface area contributed by atoms with Gasteiger partial charge >= 0.3 is 0 Å². The minimum absolute atomic E-state index is 0.0658. The van der Waals surface area contributed by atoms with E-state index in [1.165, 1.54) is 6.07 Å². The fraction of sp³-hybridized carbons (Fsp3) is 0.500. The fourth-order valence-corrected chi connectivity index (χ4v) is 1.56. The molecule has 0 aromatic heterocycles. The zero-order valence-corrected chi connectivity index (χ0v) is 10.1. The summed E-state index contributed by atoms with van der Waals surface area (Å²) in [5.74, 6) is 0. The number of nitro groups is 1. The van der Waals surface area contributed by atoms with Gasteiger partial charge in [0.05, 0.1) is 11.0 Å². The van der Waals surface area contributed by atoms with Crippen molar-refractivity contribution in [1.82, 2.24) is 5.32 Å². The number of nitrogens with zero attached hydrogens (tertiary/aromatic N) is 1. The highest BCUT2D eigenvalue weighted by Crippen LogP contribution is 2.18. The maximum atomic E-state index is 10.8. The Morgan fingerprint density at radius 1 is 1.41 bits per heavy atom. The molecular weight excluding hydrogens is 220 g/mol. The van der Waals surface area contributed by atoms with E-state index in [-0.39, 0.29) is 18.2 Å². The molecule has 0 saturated carbocycles. The molecule has 0 spiro atoms. The SMILES string of the molecule is CC(C)NCC(O)Cc1ccccc1[N+](=O)[O-]. The van der Waals surface area contributed by atoms with Crippen LogP contribution in [0.3, 0.4) is 0 Å². The normalized spacial score (nSPS) is 12.7. The van der Waals surface area contributed by atoms with Crippen molar-refractivity contribution < 1.29 is 10.0 Å².